The molecule has 0 aromatic heterocycles. The van der Waals surface area contributed by atoms with Crippen LogP contribution in [0.15, 0.2) is 97.1 Å². The number of hydrogen-bond donors (Lipinski definition) is 4. The molecule has 1 aliphatic carbocycles. The van der Waals surface area contributed by atoms with Crippen LogP contribution < -0.4 is 20.5 Å². The minimum atomic E-state index is -1.40. The molecule has 0 spiro atoms. The molecule has 0 bridgehead atoms. The summed E-state index contributed by atoms with van der Waals surface area (Å²) in [5, 5.41) is 21.4. The number of nitrogens with two attached hydrogens (primary N) is 1. The summed E-state index contributed by atoms with van der Waals surface area (Å²) in [7, 11) is 0. The lowest BCUT2D eigenvalue weighted by atomic mass is 9.56. The van der Waals surface area contributed by atoms with Gasteiger partial charge in [-0.05, 0) is 83.9 Å². The summed E-state index contributed by atoms with van der Waals surface area (Å²) in [6, 6.07) is 29.2. The molecule has 10 heteroatoms. The van der Waals surface area contributed by atoms with Crippen LogP contribution in [0, 0.1) is 23.7 Å². The summed E-state index contributed by atoms with van der Waals surface area (Å²) in [6.45, 7) is 4.26. The fourth-order valence-corrected chi connectivity index (χ4v) is 5.60. The first-order valence-electron chi connectivity index (χ1n) is 14.2. The largest absolute Gasteiger partial charge is 0.481 e. The Morgan fingerprint density at radius 1 is 0.667 bits per heavy atom. The van der Waals surface area contributed by atoms with E-state index in [9.17, 15) is 29.4 Å². The number of hydrogen-bond acceptors (Lipinski definition) is 7. The molecule has 1 fully saturated rings. The first-order chi connectivity index (χ1) is 21.5. The number of carboxylic acid groups (broad SMARTS) is 2. The van der Waals surface area contributed by atoms with Crippen molar-refractivity contribution in [3.05, 3.63) is 108 Å². The number of benzene rings is 4. The molecule has 230 valence electrons. The van der Waals surface area contributed by atoms with Gasteiger partial charge in [-0.3, -0.25) is 14.4 Å². The number of rotatable bonds is 11. The highest BCUT2D eigenvalue weighted by Crippen LogP contribution is 2.46. The molecule has 0 heterocycles. The van der Waals surface area contributed by atoms with Crippen LogP contribution in [0.25, 0.3) is 0 Å². The van der Waals surface area contributed by atoms with Gasteiger partial charge in [0.05, 0.1) is 17.8 Å². The summed E-state index contributed by atoms with van der Waals surface area (Å²) in [5.41, 5.74) is 8.62. The van der Waals surface area contributed by atoms with Crippen molar-refractivity contribution in [2.45, 2.75) is 19.3 Å². The molecule has 0 aliphatic heterocycles. The molecule has 1 saturated carbocycles. The van der Waals surface area contributed by atoms with Gasteiger partial charge in [-0.1, -0.05) is 38.1 Å². The topological polar surface area (TPSA) is 165 Å². The van der Waals surface area contributed by atoms with Gasteiger partial charge >= 0.3 is 11.9 Å². The van der Waals surface area contributed by atoms with Crippen LogP contribution in [0.1, 0.15) is 25.0 Å². The van der Waals surface area contributed by atoms with Crippen molar-refractivity contribution >= 4 is 35.5 Å². The van der Waals surface area contributed by atoms with Crippen molar-refractivity contribution < 1.29 is 38.9 Å². The summed E-state index contributed by atoms with van der Waals surface area (Å²) in [5.74, 6) is -6.45. The average Bonchev–Trinajstić information content (AvgIpc) is 2.99. The second-order valence-corrected chi connectivity index (χ2v) is 11.4. The highest BCUT2D eigenvalue weighted by molar-refractivity contribution is 6.01. The zero-order chi connectivity index (χ0) is 32.3. The van der Waals surface area contributed by atoms with E-state index in [1.807, 2.05) is 60.7 Å². The highest BCUT2D eigenvalue weighted by Gasteiger charge is 2.60. The molecule has 4 aromatic rings. The van der Waals surface area contributed by atoms with Gasteiger partial charge in [0.25, 0.3) is 0 Å². The van der Waals surface area contributed by atoms with Crippen LogP contribution in [0.3, 0.4) is 0 Å². The molecule has 10 nitrogen and oxygen atoms in total. The van der Waals surface area contributed by atoms with Gasteiger partial charge < -0.3 is 35.5 Å². The summed E-state index contributed by atoms with van der Waals surface area (Å²) in [6.07, 6.45) is 0.290. The van der Waals surface area contributed by atoms with Crippen molar-refractivity contribution in [2.24, 2.45) is 23.7 Å². The summed E-state index contributed by atoms with van der Waals surface area (Å²) < 4.78 is 11.9. The minimum Gasteiger partial charge on any atom is -0.481 e. The molecule has 5 N–H and O–H groups in total. The third kappa shape index (κ3) is 6.50. The Hall–Kier alpha value is -5.64. The number of nitrogen functional groups attached to an aromatic ring is 1. The summed E-state index contributed by atoms with van der Waals surface area (Å²) >= 11 is 0. The number of amides is 1. The van der Waals surface area contributed by atoms with Gasteiger partial charge in [-0.15, -0.1) is 0 Å². The molecule has 5 rings (SSSR count). The third-order valence-corrected chi connectivity index (χ3v) is 8.26. The van der Waals surface area contributed by atoms with E-state index in [1.165, 1.54) is 0 Å². The lowest BCUT2D eigenvalue weighted by molar-refractivity contribution is -0.176. The maximum atomic E-state index is 12.8. The van der Waals surface area contributed by atoms with Crippen molar-refractivity contribution in [1.29, 1.82) is 0 Å². The third-order valence-electron chi connectivity index (χ3n) is 8.26. The molecule has 4 aromatic carbocycles. The van der Waals surface area contributed by atoms with Gasteiger partial charge in [0.2, 0.25) is 5.91 Å². The Morgan fingerprint density at radius 2 is 1.04 bits per heavy atom. The lowest BCUT2D eigenvalue weighted by Gasteiger charge is -2.43. The monoisotopic (exact) mass is 608 g/mol. The average molecular weight is 609 g/mol. The van der Waals surface area contributed by atoms with E-state index in [2.05, 4.69) is 19.2 Å². The number of carboxylic acids is 2. The number of aldehydes is 1. The first-order valence-corrected chi connectivity index (χ1v) is 14.2. The zero-order valence-corrected chi connectivity index (χ0v) is 24.5. The van der Waals surface area contributed by atoms with Crippen molar-refractivity contribution in [2.75, 3.05) is 11.1 Å². The van der Waals surface area contributed by atoms with Crippen LogP contribution in [-0.2, 0) is 24.6 Å². The van der Waals surface area contributed by atoms with E-state index in [1.54, 1.807) is 36.4 Å². The van der Waals surface area contributed by atoms with E-state index in [0.717, 1.165) is 16.9 Å². The SMILES string of the molecule is CC(C)(c1ccc(Oc2ccc(N)cc2)cc1)c1ccc(Oc2ccc(NC(=O)C3C(C(=O)O)C(C=O)C3C(=O)O)cc2)cc1. The van der Waals surface area contributed by atoms with Crippen molar-refractivity contribution in [3.8, 4) is 23.0 Å². The van der Waals surface area contributed by atoms with E-state index in [4.69, 9.17) is 15.2 Å². The normalized spacial score (nSPS) is 19.1. The number of ether oxygens (including phenoxy) is 2. The fraction of sp³-hybridized carbons (Fsp3) is 0.200. The quantitative estimate of drug-likeness (QED) is 0.119. The zero-order valence-electron chi connectivity index (χ0n) is 24.5. The van der Waals surface area contributed by atoms with Crippen LogP contribution in [-0.4, -0.2) is 34.3 Å². The smallest absolute Gasteiger partial charge is 0.308 e. The second-order valence-electron chi connectivity index (χ2n) is 11.4. The first kappa shape index (κ1) is 30.8. The molecule has 0 radical (unpaired) electrons. The Bertz CT molecular complexity index is 1680. The fourth-order valence-electron chi connectivity index (χ4n) is 5.60. The Morgan fingerprint density at radius 3 is 1.42 bits per heavy atom. The van der Waals surface area contributed by atoms with Crippen LogP contribution >= 0.6 is 0 Å². The predicted molar refractivity (Wildman–Crippen MR) is 166 cm³/mol. The highest BCUT2D eigenvalue weighted by atomic mass is 16.5. The Balaban J connectivity index is 1.20. The molecule has 1 amide bonds. The maximum absolute atomic E-state index is 12.8. The second kappa shape index (κ2) is 12.5. The molecule has 2 atom stereocenters. The standard InChI is InChI=1S/C35H32N2O8/c1-35(2,20-3-11-24(12-4-20)44-26-15-7-22(36)8-16-26)21-5-13-25(14-6-21)45-27-17-9-23(10-18-27)37-32(39)31-29(33(40)41)28(19-38)30(31)34(42)43/h3-19,28-31H,36H2,1-2H3,(H,37,39)(H,40,41)(H,42,43). The summed E-state index contributed by atoms with van der Waals surface area (Å²) in [4.78, 5) is 47.2. The number of anilines is 2. The number of carbonyl (C=O) groups excluding carboxylic acids is 2. The van der Waals surface area contributed by atoms with Crippen molar-refractivity contribution in [1.82, 2.24) is 0 Å². The molecular weight excluding hydrogens is 576 g/mol. The minimum absolute atomic E-state index is 0.290. The Labute approximate surface area is 259 Å². The van der Waals surface area contributed by atoms with E-state index in [0.29, 0.717) is 34.9 Å². The molecule has 2 unspecified atom stereocenters. The molecular formula is C35H32N2O8. The molecule has 1 aliphatic rings. The van der Waals surface area contributed by atoms with Gasteiger partial charge in [-0.2, -0.15) is 0 Å². The number of aliphatic carboxylic acids is 2. The van der Waals surface area contributed by atoms with E-state index >= 15 is 0 Å². The molecule has 0 saturated heterocycles. The maximum Gasteiger partial charge on any atom is 0.308 e. The van der Waals surface area contributed by atoms with Gasteiger partial charge in [-0.25, -0.2) is 0 Å². The van der Waals surface area contributed by atoms with Crippen LogP contribution in [0.4, 0.5) is 11.4 Å². The Kier molecular flexibility index (Phi) is 8.58. The van der Waals surface area contributed by atoms with Gasteiger partial charge in [0.15, 0.2) is 0 Å². The van der Waals surface area contributed by atoms with Crippen molar-refractivity contribution in [3.63, 3.8) is 0 Å². The lowest BCUT2D eigenvalue weighted by Crippen LogP contribution is -2.59. The van der Waals surface area contributed by atoms with E-state index < -0.39 is 41.5 Å². The number of nitrogens with one attached hydrogen (secondary N) is 1. The number of carbonyl (C=O) groups is 4. The van der Waals surface area contributed by atoms with Gasteiger partial charge in [0.1, 0.15) is 29.3 Å². The van der Waals surface area contributed by atoms with Crippen LogP contribution in [0.5, 0.6) is 23.0 Å². The van der Waals surface area contributed by atoms with E-state index in [-0.39, 0.29) is 5.41 Å². The predicted octanol–water partition coefficient (Wildman–Crippen LogP) is 5.96. The molecule has 45 heavy (non-hydrogen) atoms. The van der Waals surface area contributed by atoms with Gasteiger partial charge in [0, 0.05) is 22.7 Å². The van der Waals surface area contributed by atoms with Crippen LogP contribution in [0.2, 0.25) is 0 Å².